The van der Waals surface area contributed by atoms with Gasteiger partial charge in [0.25, 0.3) is 0 Å². The molecule has 0 saturated carbocycles. The summed E-state index contributed by atoms with van der Waals surface area (Å²) in [6, 6.07) is 7.13. The molecule has 19 heavy (non-hydrogen) atoms. The first kappa shape index (κ1) is 14.4. The van der Waals surface area contributed by atoms with Gasteiger partial charge in [0.2, 0.25) is 0 Å². The molecule has 0 saturated heterocycles. The molecule has 2 nitrogen and oxygen atoms in total. The summed E-state index contributed by atoms with van der Waals surface area (Å²) in [5, 5.41) is 9.98. The van der Waals surface area contributed by atoms with Crippen molar-refractivity contribution in [3.63, 3.8) is 0 Å². The number of hydrogen-bond donors (Lipinski definition) is 1. The molecule has 2 rings (SSSR count). The van der Waals surface area contributed by atoms with E-state index in [1.54, 1.807) is 0 Å². The summed E-state index contributed by atoms with van der Waals surface area (Å²) >= 11 is 0. The highest BCUT2D eigenvalue weighted by Gasteiger charge is 2.31. The zero-order valence-corrected chi connectivity index (χ0v) is 12.5. The van der Waals surface area contributed by atoms with Crippen LogP contribution < -0.4 is 0 Å². The van der Waals surface area contributed by atoms with E-state index in [1.165, 1.54) is 36.9 Å². The van der Waals surface area contributed by atoms with Crippen LogP contribution in [-0.2, 0) is 6.42 Å². The third kappa shape index (κ3) is 2.94. The Morgan fingerprint density at radius 2 is 2.16 bits per heavy atom. The number of benzene rings is 1. The third-order valence-electron chi connectivity index (χ3n) is 4.54. The number of phenols is 1. The summed E-state index contributed by atoms with van der Waals surface area (Å²) in [5.41, 5.74) is 2.54. The highest BCUT2D eigenvalue weighted by molar-refractivity contribution is 5.44. The Bertz CT molecular complexity index is 416. The van der Waals surface area contributed by atoms with E-state index in [4.69, 9.17) is 0 Å². The predicted molar refractivity (Wildman–Crippen MR) is 80.5 cm³/mol. The molecule has 0 fully saturated rings. The van der Waals surface area contributed by atoms with Crippen molar-refractivity contribution in [1.82, 2.24) is 4.90 Å². The second kappa shape index (κ2) is 6.42. The largest absolute Gasteiger partial charge is 0.508 e. The molecule has 1 N–H and O–H groups in total. The number of rotatable bonds is 6. The minimum Gasteiger partial charge on any atom is -0.508 e. The fourth-order valence-electron chi connectivity index (χ4n) is 3.22. The lowest BCUT2D eigenvalue weighted by molar-refractivity contribution is 0.137. The second-order valence-corrected chi connectivity index (χ2v) is 5.75. The van der Waals surface area contributed by atoms with Gasteiger partial charge in [-0.2, -0.15) is 0 Å². The van der Waals surface area contributed by atoms with E-state index in [0.29, 0.717) is 17.8 Å². The minimum atomic E-state index is 0.486. The standard InChI is InChI=1S/C17H27NO/c1-4-6-12-18(13(3)5-2)16-11-10-15-14(16)8-7-9-17(15)19/h7-9,13,16,19H,4-6,10-12H2,1-3H3. The molecule has 106 valence electrons. The summed E-state index contributed by atoms with van der Waals surface area (Å²) in [7, 11) is 0. The molecule has 0 amide bonds. The molecular formula is C17H27NO. The molecule has 1 aliphatic carbocycles. The molecule has 0 heterocycles. The lowest BCUT2D eigenvalue weighted by Gasteiger charge is -2.34. The van der Waals surface area contributed by atoms with Crippen LogP contribution in [0.3, 0.4) is 0 Å². The minimum absolute atomic E-state index is 0.486. The Labute approximate surface area is 117 Å². The van der Waals surface area contributed by atoms with Crippen molar-refractivity contribution in [1.29, 1.82) is 0 Å². The van der Waals surface area contributed by atoms with Crippen LogP contribution in [0.15, 0.2) is 18.2 Å². The van der Waals surface area contributed by atoms with E-state index in [-0.39, 0.29) is 0 Å². The van der Waals surface area contributed by atoms with E-state index >= 15 is 0 Å². The van der Waals surface area contributed by atoms with Gasteiger partial charge in [0.05, 0.1) is 0 Å². The zero-order chi connectivity index (χ0) is 13.8. The monoisotopic (exact) mass is 261 g/mol. The van der Waals surface area contributed by atoms with Gasteiger partial charge in [-0.05, 0) is 56.3 Å². The fraction of sp³-hybridized carbons (Fsp3) is 0.647. The Morgan fingerprint density at radius 1 is 1.37 bits per heavy atom. The predicted octanol–water partition coefficient (Wildman–Crippen LogP) is 4.28. The van der Waals surface area contributed by atoms with E-state index in [9.17, 15) is 5.11 Å². The summed E-state index contributed by atoms with van der Waals surface area (Å²) in [5.74, 6) is 0.486. The Morgan fingerprint density at radius 3 is 2.84 bits per heavy atom. The highest BCUT2D eigenvalue weighted by atomic mass is 16.3. The summed E-state index contributed by atoms with van der Waals surface area (Å²) in [6.07, 6.45) is 5.86. The number of unbranched alkanes of at least 4 members (excludes halogenated alkanes) is 1. The van der Waals surface area contributed by atoms with Crippen molar-refractivity contribution in [2.45, 2.75) is 65.0 Å². The van der Waals surface area contributed by atoms with Gasteiger partial charge in [0, 0.05) is 12.1 Å². The maximum Gasteiger partial charge on any atom is 0.119 e. The van der Waals surface area contributed by atoms with Gasteiger partial charge in [0.1, 0.15) is 5.75 Å². The van der Waals surface area contributed by atoms with Crippen molar-refractivity contribution in [3.05, 3.63) is 29.3 Å². The van der Waals surface area contributed by atoms with E-state index < -0.39 is 0 Å². The van der Waals surface area contributed by atoms with Gasteiger partial charge in [0.15, 0.2) is 0 Å². The smallest absolute Gasteiger partial charge is 0.119 e. The lowest BCUT2D eigenvalue weighted by atomic mass is 10.0. The molecule has 1 aromatic carbocycles. The molecule has 2 heteroatoms. The van der Waals surface area contributed by atoms with Crippen LogP contribution in [0.4, 0.5) is 0 Å². The quantitative estimate of drug-likeness (QED) is 0.826. The van der Waals surface area contributed by atoms with Crippen LogP contribution in [0.2, 0.25) is 0 Å². The van der Waals surface area contributed by atoms with Crippen LogP contribution >= 0.6 is 0 Å². The van der Waals surface area contributed by atoms with E-state index in [0.717, 1.165) is 12.8 Å². The number of aromatic hydroxyl groups is 1. The topological polar surface area (TPSA) is 23.5 Å². The normalized spacial score (nSPS) is 19.7. The summed E-state index contributed by atoms with van der Waals surface area (Å²) in [6.45, 7) is 8.02. The van der Waals surface area contributed by atoms with Crippen LogP contribution in [0.1, 0.15) is 63.6 Å². The number of phenolic OH excluding ortho intramolecular Hbond substituents is 1. The van der Waals surface area contributed by atoms with E-state index in [1.807, 2.05) is 12.1 Å². The highest BCUT2D eigenvalue weighted by Crippen LogP contribution is 2.40. The van der Waals surface area contributed by atoms with Gasteiger partial charge >= 0.3 is 0 Å². The maximum absolute atomic E-state index is 9.98. The van der Waals surface area contributed by atoms with Gasteiger partial charge in [-0.1, -0.05) is 32.4 Å². The van der Waals surface area contributed by atoms with Crippen molar-refractivity contribution >= 4 is 0 Å². The molecule has 2 atom stereocenters. The summed E-state index contributed by atoms with van der Waals surface area (Å²) < 4.78 is 0. The SMILES string of the molecule is CCCCN(C(C)CC)C1CCc2c(O)cccc21. The first-order valence-electron chi connectivity index (χ1n) is 7.75. The maximum atomic E-state index is 9.98. The van der Waals surface area contributed by atoms with Gasteiger partial charge in [-0.3, -0.25) is 4.90 Å². The first-order chi connectivity index (χ1) is 9.19. The molecule has 0 spiro atoms. The summed E-state index contributed by atoms with van der Waals surface area (Å²) in [4.78, 5) is 2.65. The third-order valence-corrected chi connectivity index (χ3v) is 4.54. The van der Waals surface area contributed by atoms with E-state index in [2.05, 4.69) is 31.7 Å². The molecular weight excluding hydrogens is 234 g/mol. The Balaban J connectivity index is 2.23. The average Bonchev–Trinajstić information content (AvgIpc) is 2.84. The van der Waals surface area contributed by atoms with Crippen molar-refractivity contribution in [2.24, 2.45) is 0 Å². The number of nitrogens with zero attached hydrogens (tertiary/aromatic N) is 1. The molecule has 1 aliphatic rings. The van der Waals surface area contributed by atoms with Crippen molar-refractivity contribution in [2.75, 3.05) is 6.54 Å². The first-order valence-corrected chi connectivity index (χ1v) is 7.75. The van der Waals surface area contributed by atoms with Gasteiger partial charge in [-0.25, -0.2) is 0 Å². The number of fused-ring (bicyclic) bond motifs is 1. The molecule has 0 radical (unpaired) electrons. The van der Waals surface area contributed by atoms with Crippen LogP contribution in [0.25, 0.3) is 0 Å². The van der Waals surface area contributed by atoms with Gasteiger partial charge < -0.3 is 5.11 Å². The van der Waals surface area contributed by atoms with Gasteiger partial charge in [-0.15, -0.1) is 0 Å². The van der Waals surface area contributed by atoms with Crippen LogP contribution in [0, 0.1) is 0 Å². The van der Waals surface area contributed by atoms with Crippen molar-refractivity contribution in [3.8, 4) is 5.75 Å². The Hall–Kier alpha value is -1.02. The molecule has 0 aromatic heterocycles. The Kier molecular flexibility index (Phi) is 4.87. The zero-order valence-electron chi connectivity index (χ0n) is 12.5. The lowest BCUT2D eigenvalue weighted by Crippen LogP contribution is -2.36. The van der Waals surface area contributed by atoms with Crippen LogP contribution in [-0.4, -0.2) is 22.6 Å². The molecule has 0 bridgehead atoms. The molecule has 1 aromatic rings. The molecule has 2 unspecified atom stereocenters. The second-order valence-electron chi connectivity index (χ2n) is 5.75. The average molecular weight is 261 g/mol. The van der Waals surface area contributed by atoms with Crippen molar-refractivity contribution < 1.29 is 5.11 Å². The fourth-order valence-corrected chi connectivity index (χ4v) is 3.22. The number of hydrogen-bond acceptors (Lipinski definition) is 2. The molecule has 0 aliphatic heterocycles. The van der Waals surface area contributed by atoms with Crippen LogP contribution in [0.5, 0.6) is 5.75 Å².